The van der Waals surface area contributed by atoms with Gasteiger partial charge in [-0.1, -0.05) is 38.0 Å². The maximum absolute atomic E-state index is 5.94. The molecule has 2 atom stereocenters. The Morgan fingerprint density at radius 2 is 2.00 bits per heavy atom. The Balaban J connectivity index is 2.78. The Morgan fingerprint density at radius 3 is 2.56 bits per heavy atom. The van der Waals surface area contributed by atoms with Crippen LogP contribution in [-0.2, 0) is 0 Å². The summed E-state index contributed by atoms with van der Waals surface area (Å²) in [5.74, 6) is 1.52. The highest BCUT2D eigenvalue weighted by Gasteiger charge is 2.09. The monoisotopic (exact) mass is 221 g/mol. The van der Waals surface area contributed by atoms with E-state index in [1.54, 1.807) is 0 Å². The lowest BCUT2D eigenvalue weighted by atomic mass is 10.0. The Hall–Kier alpha value is -1.02. The van der Waals surface area contributed by atoms with Gasteiger partial charge in [0.15, 0.2) is 0 Å². The Morgan fingerprint density at radius 1 is 1.31 bits per heavy atom. The fourth-order valence-electron chi connectivity index (χ4n) is 1.51. The highest BCUT2D eigenvalue weighted by molar-refractivity contribution is 5.38. The third-order valence-electron chi connectivity index (χ3n) is 2.88. The van der Waals surface area contributed by atoms with Crippen molar-refractivity contribution >= 4 is 0 Å². The molecule has 0 saturated heterocycles. The van der Waals surface area contributed by atoms with Crippen molar-refractivity contribution in [3.63, 3.8) is 0 Å². The molecule has 1 aromatic carbocycles. The molecule has 0 amide bonds. The van der Waals surface area contributed by atoms with E-state index in [-0.39, 0.29) is 6.04 Å². The molecule has 0 radical (unpaired) electrons. The molecule has 90 valence electrons. The van der Waals surface area contributed by atoms with Gasteiger partial charge in [-0.05, 0) is 25.8 Å². The molecule has 1 aromatic rings. The minimum atomic E-state index is 0.0202. The van der Waals surface area contributed by atoms with Gasteiger partial charge in [0.05, 0.1) is 6.61 Å². The number of nitrogens with two attached hydrogens (primary N) is 1. The summed E-state index contributed by atoms with van der Waals surface area (Å²) >= 11 is 0. The van der Waals surface area contributed by atoms with Crippen LogP contribution in [0.15, 0.2) is 18.2 Å². The van der Waals surface area contributed by atoms with Crippen molar-refractivity contribution in [1.29, 1.82) is 0 Å². The van der Waals surface area contributed by atoms with Crippen molar-refractivity contribution in [3.8, 4) is 5.75 Å². The van der Waals surface area contributed by atoms with Crippen LogP contribution in [0.5, 0.6) is 5.75 Å². The first-order valence-electron chi connectivity index (χ1n) is 6.03. The highest BCUT2D eigenvalue weighted by atomic mass is 16.5. The Bertz CT molecular complexity index is 334. The van der Waals surface area contributed by atoms with Crippen molar-refractivity contribution < 1.29 is 4.74 Å². The molecule has 1 rings (SSSR count). The minimum absolute atomic E-state index is 0.0202. The molecule has 0 spiro atoms. The summed E-state index contributed by atoms with van der Waals surface area (Å²) < 4.78 is 5.83. The number of benzene rings is 1. The van der Waals surface area contributed by atoms with Crippen molar-refractivity contribution in [1.82, 2.24) is 0 Å². The van der Waals surface area contributed by atoms with Crippen LogP contribution >= 0.6 is 0 Å². The number of rotatable bonds is 5. The molecule has 16 heavy (non-hydrogen) atoms. The average Bonchev–Trinajstić information content (AvgIpc) is 2.26. The van der Waals surface area contributed by atoms with Crippen molar-refractivity contribution in [2.45, 2.75) is 40.2 Å². The lowest BCUT2D eigenvalue weighted by Crippen LogP contribution is -2.12. The first-order chi connectivity index (χ1) is 7.54. The van der Waals surface area contributed by atoms with Crippen LogP contribution in [-0.4, -0.2) is 6.61 Å². The number of hydrogen-bond donors (Lipinski definition) is 1. The van der Waals surface area contributed by atoms with Crippen molar-refractivity contribution in [2.75, 3.05) is 6.61 Å². The van der Waals surface area contributed by atoms with Gasteiger partial charge in [0, 0.05) is 11.6 Å². The molecule has 2 nitrogen and oxygen atoms in total. The summed E-state index contributed by atoms with van der Waals surface area (Å²) in [5.41, 5.74) is 8.27. The maximum Gasteiger partial charge on any atom is 0.124 e. The van der Waals surface area contributed by atoms with E-state index in [0.717, 1.165) is 24.3 Å². The predicted octanol–water partition coefficient (Wildman–Crippen LogP) is 3.44. The Labute approximate surface area is 98.8 Å². The molecule has 0 heterocycles. The second-order valence-corrected chi connectivity index (χ2v) is 4.65. The van der Waals surface area contributed by atoms with Crippen LogP contribution in [0.25, 0.3) is 0 Å². The van der Waals surface area contributed by atoms with E-state index in [0.29, 0.717) is 5.92 Å². The summed E-state index contributed by atoms with van der Waals surface area (Å²) in [6.45, 7) is 9.20. The third kappa shape index (κ3) is 3.53. The van der Waals surface area contributed by atoms with Gasteiger partial charge in [-0.15, -0.1) is 0 Å². The second-order valence-electron chi connectivity index (χ2n) is 4.65. The van der Waals surface area contributed by atoms with Crippen LogP contribution < -0.4 is 10.5 Å². The van der Waals surface area contributed by atoms with Gasteiger partial charge in [0.2, 0.25) is 0 Å². The number of aryl methyl sites for hydroxylation is 1. The average molecular weight is 221 g/mol. The smallest absolute Gasteiger partial charge is 0.124 e. The van der Waals surface area contributed by atoms with E-state index < -0.39 is 0 Å². The summed E-state index contributed by atoms with van der Waals surface area (Å²) in [4.78, 5) is 0. The molecule has 2 heteroatoms. The first-order valence-corrected chi connectivity index (χ1v) is 6.03. The number of ether oxygens (including phenoxy) is 1. The van der Waals surface area contributed by atoms with Gasteiger partial charge < -0.3 is 10.5 Å². The van der Waals surface area contributed by atoms with Crippen LogP contribution in [0, 0.1) is 12.8 Å². The van der Waals surface area contributed by atoms with Gasteiger partial charge in [-0.25, -0.2) is 0 Å². The quantitative estimate of drug-likeness (QED) is 0.826. The molecule has 0 bridgehead atoms. The zero-order valence-electron chi connectivity index (χ0n) is 10.8. The lowest BCUT2D eigenvalue weighted by molar-refractivity contribution is 0.253. The summed E-state index contributed by atoms with van der Waals surface area (Å²) in [5, 5.41) is 0. The molecule has 0 fully saturated rings. The normalized spacial score (nSPS) is 14.6. The summed E-state index contributed by atoms with van der Waals surface area (Å²) in [6, 6.07) is 6.22. The van der Waals surface area contributed by atoms with Gasteiger partial charge in [-0.3, -0.25) is 0 Å². The molecule has 0 aliphatic rings. The molecule has 0 saturated carbocycles. The standard InChI is InChI=1S/C14H23NO/c1-5-10(2)9-16-14-7-6-11(3)8-13(14)12(4)15/h6-8,10,12H,5,9,15H2,1-4H3. The molecule has 0 aliphatic carbocycles. The number of hydrogen-bond acceptors (Lipinski definition) is 2. The maximum atomic E-state index is 5.94. The summed E-state index contributed by atoms with van der Waals surface area (Å²) in [7, 11) is 0. The predicted molar refractivity (Wildman–Crippen MR) is 68.7 cm³/mol. The highest BCUT2D eigenvalue weighted by Crippen LogP contribution is 2.25. The molecule has 2 unspecified atom stereocenters. The Kier molecular flexibility index (Phi) is 4.81. The lowest BCUT2D eigenvalue weighted by Gasteiger charge is -2.17. The first kappa shape index (κ1) is 13.0. The van der Waals surface area contributed by atoms with Crippen LogP contribution in [0.4, 0.5) is 0 Å². The molecule has 2 N–H and O–H groups in total. The topological polar surface area (TPSA) is 35.2 Å². The molecular weight excluding hydrogens is 198 g/mol. The van der Waals surface area contributed by atoms with Crippen LogP contribution in [0.3, 0.4) is 0 Å². The molecule has 0 aliphatic heterocycles. The van der Waals surface area contributed by atoms with E-state index in [1.807, 2.05) is 13.0 Å². The van der Waals surface area contributed by atoms with Gasteiger partial charge in [-0.2, -0.15) is 0 Å². The fraction of sp³-hybridized carbons (Fsp3) is 0.571. The van der Waals surface area contributed by atoms with Crippen LogP contribution in [0.1, 0.15) is 44.4 Å². The van der Waals surface area contributed by atoms with E-state index in [4.69, 9.17) is 10.5 Å². The van der Waals surface area contributed by atoms with E-state index in [1.165, 1.54) is 5.56 Å². The largest absolute Gasteiger partial charge is 0.493 e. The minimum Gasteiger partial charge on any atom is -0.493 e. The zero-order chi connectivity index (χ0) is 12.1. The molecular formula is C14H23NO. The third-order valence-corrected chi connectivity index (χ3v) is 2.88. The SMILES string of the molecule is CCC(C)COc1ccc(C)cc1C(C)N. The van der Waals surface area contributed by atoms with E-state index in [9.17, 15) is 0 Å². The molecule has 0 aromatic heterocycles. The van der Waals surface area contributed by atoms with Gasteiger partial charge >= 0.3 is 0 Å². The van der Waals surface area contributed by atoms with Crippen molar-refractivity contribution in [2.24, 2.45) is 11.7 Å². The van der Waals surface area contributed by atoms with Crippen molar-refractivity contribution in [3.05, 3.63) is 29.3 Å². The fourth-order valence-corrected chi connectivity index (χ4v) is 1.51. The van der Waals surface area contributed by atoms with Gasteiger partial charge in [0.1, 0.15) is 5.75 Å². The second kappa shape index (κ2) is 5.90. The summed E-state index contributed by atoms with van der Waals surface area (Å²) in [6.07, 6.45) is 1.14. The van der Waals surface area contributed by atoms with E-state index in [2.05, 4.69) is 32.9 Å². The zero-order valence-corrected chi connectivity index (χ0v) is 10.8. The van der Waals surface area contributed by atoms with E-state index >= 15 is 0 Å². The van der Waals surface area contributed by atoms with Gasteiger partial charge in [0.25, 0.3) is 0 Å². The van der Waals surface area contributed by atoms with Crippen LogP contribution in [0.2, 0.25) is 0 Å².